The van der Waals surface area contributed by atoms with Crippen LogP contribution in [0.3, 0.4) is 0 Å². The van der Waals surface area contributed by atoms with E-state index in [0.29, 0.717) is 17.2 Å². The summed E-state index contributed by atoms with van der Waals surface area (Å²) in [6.07, 6.45) is 1.62. The van der Waals surface area contributed by atoms with Crippen LogP contribution in [0.5, 0.6) is 0 Å². The number of aromatic nitrogens is 2. The fourth-order valence-electron chi connectivity index (χ4n) is 1.92. The van der Waals surface area contributed by atoms with Crippen LogP contribution in [0.25, 0.3) is 10.9 Å². The van der Waals surface area contributed by atoms with E-state index in [1.807, 2.05) is 18.2 Å². The third-order valence-corrected chi connectivity index (χ3v) is 2.84. The molecule has 0 saturated heterocycles. The van der Waals surface area contributed by atoms with Gasteiger partial charge in [0.15, 0.2) is 0 Å². The maximum Gasteiger partial charge on any atom is 0.273 e. The molecule has 4 N–H and O–H groups in total. The van der Waals surface area contributed by atoms with Gasteiger partial charge < -0.3 is 16.0 Å². The fraction of sp³-hybridized carbons (Fsp3) is 0. The highest BCUT2D eigenvalue weighted by molar-refractivity contribution is 6.06. The Morgan fingerprint density at radius 2 is 2.11 bits per heavy atom. The van der Waals surface area contributed by atoms with Gasteiger partial charge in [0.05, 0.1) is 11.2 Å². The summed E-state index contributed by atoms with van der Waals surface area (Å²) in [5.41, 5.74) is 7.70. The molecule has 3 aromatic rings. The molecule has 0 aliphatic heterocycles. The van der Waals surface area contributed by atoms with Gasteiger partial charge >= 0.3 is 0 Å². The number of H-pyrrole nitrogens is 1. The van der Waals surface area contributed by atoms with Crippen molar-refractivity contribution in [3.63, 3.8) is 0 Å². The highest BCUT2D eigenvalue weighted by Crippen LogP contribution is 2.21. The number of anilines is 2. The number of hydrogen-bond acceptors (Lipinski definition) is 3. The van der Waals surface area contributed by atoms with Gasteiger partial charge in [0.1, 0.15) is 11.5 Å². The van der Waals surface area contributed by atoms with Gasteiger partial charge in [-0.15, -0.1) is 0 Å². The van der Waals surface area contributed by atoms with Crippen LogP contribution < -0.4 is 11.1 Å². The molecule has 0 saturated carbocycles. The molecular formula is C14H12N4O. The van der Waals surface area contributed by atoms with Crippen LogP contribution in [-0.2, 0) is 0 Å². The Morgan fingerprint density at radius 1 is 1.21 bits per heavy atom. The van der Waals surface area contributed by atoms with Crippen LogP contribution in [0.4, 0.5) is 11.5 Å². The molecule has 0 aliphatic carbocycles. The number of benzene rings is 1. The van der Waals surface area contributed by atoms with E-state index in [1.54, 1.807) is 30.5 Å². The zero-order valence-corrected chi connectivity index (χ0v) is 10.1. The second-order valence-electron chi connectivity index (χ2n) is 4.16. The average molecular weight is 252 g/mol. The molecule has 0 spiro atoms. The van der Waals surface area contributed by atoms with E-state index in [4.69, 9.17) is 5.73 Å². The number of amides is 1. The van der Waals surface area contributed by atoms with Gasteiger partial charge in [-0.3, -0.25) is 4.79 Å². The molecule has 94 valence electrons. The lowest BCUT2D eigenvalue weighted by atomic mass is 10.2. The number of rotatable bonds is 2. The summed E-state index contributed by atoms with van der Waals surface area (Å²) in [6.45, 7) is 0. The first-order valence-electron chi connectivity index (χ1n) is 5.83. The van der Waals surface area contributed by atoms with E-state index in [9.17, 15) is 4.79 Å². The molecule has 0 radical (unpaired) electrons. The van der Waals surface area contributed by atoms with Gasteiger partial charge in [-0.25, -0.2) is 4.98 Å². The maximum atomic E-state index is 12.1. The predicted octanol–water partition coefficient (Wildman–Crippen LogP) is 2.40. The first-order valence-corrected chi connectivity index (χ1v) is 5.83. The second kappa shape index (κ2) is 4.45. The summed E-state index contributed by atoms with van der Waals surface area (Å²) >= 11 is 0. The predicted molar refractivity (Wildman–Crippen MR) is 74.9 cm³/mol. The molecule has 0 fully saturated rings. The number of nitrogens with zero attached hydrogens (tertiary/aromatic N) is 1. The highest BCUT2D eigenvalue weighted by Gasteiger charge is 2.11. The van der Waals surface area contributed by atoms with Gasteiger partial charge in [-0.2, -0.15) is 0 Å². The quantitative estimate of drug-likeness (QED) is 0.612. The van der Waals surface area contributed by atoms with Crippen LogP contribution in [0, 0.1) is 0 Å². The number of aromatic amines is 1. The van der Waals surface area contributed by atoms with Gasteiger partial charge in [0.25, 0.3) is 5.91 Å². The summed E-state index contributed by atoms with van der Waals surface area (Å²) in [4.78, 5) is 19.1. The maximum absolute atomic E-state index is 12.1. The Bertz CT molecular complexity index is 734. The minimum atomic E-state index is -0.241. The zero-order chi connectivity index (χ0) is 13.2. The summed E-state index contributed by atoms with van der Waals surface area (Å²) in [6, 6.07) is 12.6. The van der Waals surface area contributed by atoms with E-state index in [0.717, 1.165) is 10.9 Å². The SMILES string of the molecule is Nc1cccc2cc(C(=O)Nc3ccccn3)[nH]c12. The van der Waals surface area contributed by atoms with E-state index in [-0.39, 0.29) is 5.91 Å². The summed E-state index contributed by atoms with van der Waals surface area (Å²) in [5.74, 6) is 0.272. The molecule has 19 heavy (non-hydrogen) atoms. The molecule has 0 unspecified atom stereocenters. The van der Waals surface area contributed by atoms with Crippen molar-refractivity contribution < 1.29 is 4.79 Å². The van der Waals surface area contributed by atoms with E-state index >= 15 is 0 Å². The number of fused-ring (bicyclic) bond motifs is 1. The lowest BCUT2D eigenvalue weighted by Gasteiger charge is -2.01. The van der Waals surface area contributed by atoms with Gasteiger partial charge in [-0.1, -0.05) is 18.2 Å². The normalized spacial score (nSPS) is 10.5. The van der Waals surface area contributed by atoms with Crippen LogP contribution in [0.1, 0.15) is 10.5 Å². The van der Waals surface area contributed by atoms with E-state index in [1.165, 1.54) is 0 Å². The van der Waals surface area contributed by atoms with Crippen molar-refractivity contribution >= 4 is 28.3 Å². The number of para-hydroxylation sites is 1. The monoisotopic (exact) mass is 252 g/mol. The average Bonchev–Trinajstić information content (AvgIpc) is 2.85. The Hall–Kier alpha value is -2.82. The third-order valence-electron chi connectivity index (χ3n) is 2.84. The molecule has 5 nitrogen and oxygen atoms in total. The topological polar surface area (TPSA) is 83.8 Å². The molecule has 0 atom stereocenters. The summed E-state index contributed by atoms with van der Waals surface area (Å²) in [5, 5.41) is 3.63. The lowest BCUT2D eigenvalue weighted by molar-refractivity contribution is 0.102. The molecule has 2 heterocycles. The van der Waals surface area contributed by atoms with E-state index in [2.05, 4.69) is 15.3 Å². The van der Waals surface area contributed by atoms with Crippen molar-refractivity contribution in [2.45, 2.75) is 0 Å². The number of hydrogen-bond donors (Lipinski definition) is 3. The standard InChI is InChI=1S/C14H12N4O/c15-10-5-3-4-9-8-11(17-13(9)10)14(19)18-12-6-1-2-7-16-12/h1-8,17H,15H2,(H,16,18,19). The second-order valence-corrected chi connectivity index (χ2v) is 4.16. The van der Waals surface area contributed by atoms with Crippen molar-refractivity contribution in [2.24, 2.45) is 0 Å². The zero-order valence-electron chi connectivity index (χ0n) is 10.1. The molecule has 0 aliphatic rings. The van der Waals surface area contributed by atoms with Gasteiger partial charge in [0.2, 0.25) is 0 Å². The molecule has 1 aromatic carbocycles. The number of nitrogens with two attached hydrogens (primary N) is 1. The van der Waals surface area contributed by atoms with E-state index < -0.39 is 0 Å². The molecule has 2 aromatic heterocycles. The number of carbonyl (C=O) groups excluding carboxylic acids is 1. The number of nitrogen functional groups attached to an aromatic ring is 1. The Labute approximate surface area is 109 Å². The fourth-order valence-corrected chi connectivity index (χ4v) is 1.92. The first-order chi connectivity index (χ1) is 9.24. The number of carbonyl (C=O) groups is 1. The molecular weight excluding hydrogens is 240 g/mol. The lowest BCUT2D eigenvalue weighted by Crippen LogP contribution is -2.13. The minimum absolute atomic E-state index is 0.241. The van der Waals surface area contributed by atoms with Crippen molar-refractivity contribution in [2.75, 3.05) is 11.1 Å². The summed E-state index contributed by atoms with van der Waals surface area (Å²) < 4.78 is 0. The number of pyridine rings is 1. The van der Waals surface area contributed by atoms with Crippen LogP contribution in [0.2, 0.25) is 0 Å². The van der Waals surface area contributed by atoms with Gasteiger partial charge in [-0.05, 0) is 24.3 Å². The molecule has 3 rings (SSSR count). The summed E-state index contributed by atoms with van der Waals surface area (Å²) in [7, 11) is 0. The first kappa shape index (κ1) is 11.3. The smallest absolute Gasteiger partial charge is 0.273 e. The van der Waals surface area contributed by atoms with Crippen LogP contribution >= 0.6 is 0 Å². The Kier molecular flexibility index (Phi) is 2.64. The highest BCUT2D eigenvalue weighted by atomic mass is 16.1. The van der Waals surface area contributed by atoms with Crippen LogP contribution in [0.15, 0.2) is 48.7 Å². The minimum Gasteiger partial charge on any atom is -0.397 e. The van der Waals surface area contributed by atoms with Gasteiger partial charge in [0, 0.05) is 11.6 Å². The Morgan fingerprint density at radius 3 is 2.84 bits per heavy atom. The third kappa shape index (κ3) is 2.13. The van der Waals surface area contributed by atoms with Crippen molar-refractivity contribution in [1.82, 2.24) is 9.97 Å². The molecule has 1 amide bonds. The van der Waals surface area contributed by atoms with Crippen molar-refractivity contribution in [3.05, 3.63) is 54.4 Å². The van der Waals surface area contributed by atoms with Crippen molar-refractivity contribution in [3.8, 4) is 0 Å². The Balaban J connectivity index is 1.92. The molecule has 0 bridgehead atoms. The van der Waals surface area contributed by atoms with Crippen molar-refractivity contribution in [1.29, 1.82) is 0 Å². The largest absolute Gasteiger partial charge is 0.397 e. The van der Waals surface area contributed by atoms with Crippen LogP contribution in [-0.4, -0.2) is 15.9 Å². The molecule has 5 heteroatoms. The number of nitrogens with one attached hydrogen (secondary N) is 2.